The zero-order chi connectivity index (χ0) is 38.1. The summed E-state index contributed by atoms with van der Waals surface area (Å²) >= 11 is 0. The minimum atomic E-state index is -0.147. The highest BCUT2D eigenvalue weighted by molar-refractivity contribution is 6.01. The molecule has 1 heteroatoms. The number of benzene rings is 7. The average Bonchev–Trinajstić information content (AvgIpc) is 3.97. The Bertz CT molecular complexity index is 2590. The van der Waals surface area contributed by atoms with Crippen LogP contribution >= 0.6 is 0 Å². The maximum absolute atomic E-state index is 2.58. The Morgan fingerprint density at radius 3 is 2.02 bits per heavy atom. The number of hydrogen-bond acceptors (Lipinski definition) is 1. The minimum absolute atomic E-state index is 0.147. The van der Waals surface area contributed by atoms with Crippen LogP contribution in [-0.2, 0) is 5.41 Å². The van der Waals surface area contributed by atoms with E-state index in [1.807, 2.05) is 0 Å². The highest BCUT2D eigenvalue weighted by atomic mass is 15.1. The first kappa shape index (κ1) is 34.8. The third-order valence-corrected chi connectivity index (χ3v) is 14.7. The van der Waals surface area contributed by atoms with Crippen molar-refractivity contribution in [3.05, 3.63) is 174 Å². The van der Waals surface area contributed by atoms with Gasteiger partial charge < -0.3 is 4.90 Å². The first-order chi connectivity index (χ1) is 28.0. The van der Waals surface area contributed by atoms with Gasteiger partial charge in [0.05, 0.1) is 5.69 Å². The number of rotatable bonds is 7. The molecule has 2 bridgehead atoms. The summed E-state index contributed by atoms with van der Waals surface area (Å²) in [4.78, 5) is 2.58. The summed E-state index contributed by atoms with van der Waals surface area (Å²) in [6, 6.07) is 58.3. The van der Waals surface area contributed by atoms with Gasteiger partial charge in [0.2, 0.25) is 0 Å². The molecule has 0 N–H and O–H groups in total. The van der Waals surface area contributed by atoms with Crippen molar-refractivity contribution in [1.29, 1.82) is 0 Å². The van der Waals surface area contributed by atoms with Crippen molar-refractivity contribution in [2.75, 3.05) is 4.90 Å². The molecule has 0 aromatic heterocycles. The van der Waals surface area contributed by atoms with Crippen molar-refractivity contribution in [3.8, 4) is 33.4 Å². The second kappa shape index (κ2) is 13.9. The fraction of sp³-hybridized carbons (Fsp3) is 0.286. The lowest BCUT2D eigenvalue weighted by atomic mass is 9.81. The largest absolute Gasteiger partial charge is 0.310 e. The monoisotopic (exact) mass is 739 g/mol. The Morgan fingerprint density at radius 2 is 1.25 bits per heavy atom. The van der Waals surface area contributed by atoms with E-state index in [1.54, 1.807) is 0 Å². The van der Waals surface area contributed by atoms with E-state index in [0.29, 0.717) is 11.8 Å². The van der Waals surface area contributed by atoms with Crippen LogP contribution in [0.4, 0.5) is 17.1 Å². The Labute approximate surface area is 339 Å². The van der Waals surface area contributed by atoms with Crippen LogP contribution in [0.1, 0.15) is 106 Å². The number of nitrogens with zero attached hydrogens (tertiary/aromatic N) is 1. The zero-order valence-corrected chi connectivity index (χ0v) is 33.6. The molecule has 282 valence electrons. The van der Waals surface area contributed by atoms with Crippen LogP contribution in [0.5, 0.6) is 0 Å². The topological polar surface area (TPSA) is 3.24 Å². The SMILES string of the molecule is CC1(C)c2ccccc2-c2c(-c3ccc(-c4ccccc4)cc3)cc(N(c3ccc(C4CC5CCC4C5)cc3)c3cccc4cc(C5CCCCC5)ccc34)cc21. The fourth-order valence-electron chi connectivity index (χ4n) is 11.8. The molecule has 0 heterocycles. The van der Waals surface area contributed by atoms with Gasteiger partial charge in [-0.15, -0.1) is 0 Å². The Balaban J connectivity index is 1.10. The first-order valence-corrected chi connectivity index (χ1v) is 21.9. The van der Waals surface area contributed by atoms with Gasteiger partial charge in [-0.2, -0.15) is 0 Å². The molecule has 0 radical (unpaired) electrons. The molecule has 11 rings (SSSR count). The third-order valence-electron chi connectivity index (χ3n) is 14.7. The number of anilines is 3. The first-order valence-electron chi connectivity index (χ1n) is 21.9. The lowest BCUT2D eigenvalue weighted by Gasteiger charge is -2.31. The molecule has 0 amide bonds. The summed E-state index contributed by atoms with van der Waals surface area (Å²) < 4.78 is 0. The van der Waals surface area contributed by atoms with Crippen LogP contribution in [-0.4, -0.2) is 0 Å². The summed E-state index contributed by atoms with van der Waals surface area (Å²) in [5, 5.41) is 2.65. The summed E-state index contributed by atoms with van der Waals surface area (Å²) in [6.45, 7) is 4.84. The highest BCUT2D eigenvalue weighted by Gasteiger charge is 2.41. The molecule has 57 heavy (non-hydrogen) atoms. The van der Waals surface area contributed by atoms with Gasteiger partial charge in [-0.05, 0) is 147 Å². The van der Waals surface area contributed by atoms with Gasteiger partial charge >= 0.3 is 0 Å². The normalized spacial score (nSPS) is 20.8. The fourth-order valence-corrected chi connectivity index (χ4v) is 11.8. The molecule has 3 saturated carbocycles. The van der Waals surface area contributed by atoms with E-state index in [0.717, 1.165) is 11.8 Å². The molecule has 3 fully saturated rings. The standard InChI is InChI=1S/C56H53N/c1-56(2)52-18-10-9-17-49(52)55-51(42-24-22-40(23-25-42)38-12-5-3-6-13-38)35-47(36-53(55)56)57(46-29-26-41(27-30-46)50-33-37-20-21-45(50)32-37)54-19-11-16-44-34-43(28-31-48(44)54)39-14-7-4-8-15-39/h3,5-6,9-13,16-19,22-31,34-37,39,45,50H,4,7-8,14-15,20-21,32-33H2,1-2H3. The van der Waals surface area contributed by atoms with Gasteiger partial charge in [0.15, 0.2) is 0 Å². The van der Waals surface area contributed by atoms with Crippen LogP contribution in [0.2, 0.25) is 0 Å². The van der Waals surface area contributed by atoms with E-state index in [1.165, 1.54) is 141 Å². The smallest absolute Gasteiger partial charge is 0.0540 e. The number of hydrogen-bond donors (Lipinski definition) is 0. The molecule has 4 aliphatic rings. The van der Waals surface area contributed by atoms with Crippen LogP contribution in [0.15, 0.2) is 152 Å². The van der Waals surface area contributed by atoms with E-state index in [9.17, 15) is 0 Å². The van der Waals surface area contributed by atoms with Crippen molar-refractivity contribution in [3.63, 3.8) is 0 Å². The van der Waals surface area contributed by atoms with Crippen molar-refractivity contribution in [1.82, 2.24) is 0 Å². The van der Waals surface area contributed by atoms with Gasteiger partial charge in [-0.25, -0.2) is 0 Å². The Hall–Kier alpha value is -5.40. The van der Waals surface area contributed by atoms with E-state index >= 15 is 0 Å². The molecule has 7 aromatic rings. The zero-order valence-electron chi connectivity index (χ0n) is 33.6. The quantitative estimate of drug-likeness (QED) is 0.157. The summed E-state index contributed by atoms with van der Waals surface area (Å²) in [5.74, 6) is 3.19. The molecule has 0 spiro atoms. The van der Waals surface area contributed by atoms with Crippen LogP contribution < -0.4 is 4.90 Å². The maximum atomic E-state index is 2.58. The predicted octanol–water partition coefficient (Wildman–Crippen LogP) is 15.9. The van der Waals surface area contributed by atoms with Crippen molar-refractivity contribution >= 4 is 27.8 Å². The molecule has 4 aliphatic carbocycles. The molecular formula is C56H53N. The van der Waals surface area contributed by atoms with Crippen LogP contribution in [0, 0.1) is 11.8 Å². The van der Waals surface area contributed by atoms with Gasteiger partial charge in [-0.1, -0.05) is 161 Å². The lowest BCUT2D eigenvalue weighted by Crippen LogP contribution is -2.17. The van der Waals surface area contributed by atoms with Gasteiger partial charge in [0.1, 0.15) is 0 Å². The highest BCUT2D eigenvalue weighted by Crippen LogP contribution is 2.56. The average molecular weight is 740 g/mol. The minimum Gasteiger partial charge on any atom is -0.310 e. The Kier molecular flexibility index (Phi) is 8.50. The molecular weight excluding hydrogens is 687 g/mol. The van der Waals surface area contributed by atoms with Gasteiger partial charge in [-0.3, -0.25) is 0 Å². The molecule has 3 atom stereocenters. The van der Waals surface area contributed by atoms with Crippen LogP contribution in [0.25, 0.3) is 44.2 Å². The lowest BCUT2D eigenvalue weighted by molar-refractivity contribution is 0.420. The summed E-state index contributed by atoms with van der Waals surface area (Å²) in [7, 11) is 0. The second-order valence-electron chi connectivity index (χ2n) is 18.3. The van der Waals surface area contributed by atoms with E-state index < -0.39 is 0 Å². The van der Waals surface area contributed by atoms with E-state index in [-0.39, 0.29) is 5.41 Å². The van der Waals surface area contributed by atoms with E-state index in [2.05, 4.69) is 170 Å². The van der Waals surface area contributed by atoms with Crippen molar-refractivity contribution in [2.45, 2.75) is 88.9 Å². The molecule has 0 aliphatic heterocycles. The predicted molar refractivity (Wildman–Crippen MR) is 241 cm³/mol. The Morgan fingerprint density at radius 1 is 0.509 bits per heavy atom. The van der Waals surface area contributed by atoms with Gasteiger partial charge in [0.25, 0.3) is 0 Å². The maximum Gasteiger partial charge on any atom is 0.0540 e. The third kappa shape index (κ3) is 5.96. The second-order valence-corrected chi connectivity index (χ2v) is 18.3. The molecule has 7 aromatic carbocycles. The number of fused-ring (bicyclic) bond motifs is 6. The van der Waals surface area contributed by atoms with Crippen molar-refractivity contribution in [2.24, 2.45) is 11.8 Å². The summed E-state index contributed by atoms with van der Waals surface area (Å²) in [6.07, 6.45) is 12.4. The van der Waals surface area contributed by atoms with Crippen molar-refractivity contribution < 1.29 is 0 Å². The molecule has 1 nitrogen and oxygen atoms in total. The van der Waals surface area contributed by atoms with Gasteiger partial charge in [0, 0.05) is 22.2 Å². The molecule has 0 saturated heterocycles. The van der Waals surface area contributed by atoms with Crippen LogP contribution in [0.3, 0.4) is 0 Å². The summed E-state index contributed by atoms with van der Waals surface area (Å²) in [5.41, 5.74) is 17.1. The molecule has 3 unspecified atom stereocenters. The van der Waals surface area contributed by atoms with E-state index in [4.69, 9.17) is 0 Å².